The lowest BCUT2D eigenvalue weighted by Gasteiger charge is -2.14. The Balaban J connectivity index is 2.95. The Kier molecular flexibility index (Phi) is 4.25. The molecule has 0 aromatic heterocycles. The van der Waals surface area contributed by atoms with Crippen molar-refractivity contribution in [2.45, 2.75) is 6.18 Å². The van der Waals surface area contributed by atoms with E-state index in [1.165, 1.54) is 0 Å². The summed E-state index contributed by atoms with van der Waals surface area (Å²) in [6.45, 7) is 0. The lowest BCUT2D eigenvalue weighted by Crippen LogP contribution is -2.08. The quantitative estimate of drug-likeness (QED) is 0.370. The van der Waals surface area contributed by atoms with Gasteiger partial charge in [0.2, 0.25) is 5.82 Å². The van der Waals surface area contributed by atoms with E-state index in [1.54, 1.807) is 0 Å². The van der Waals surface area contributed by atoms with Crippen LogP contribution in [0, 0.1) is 29.1 Å². The second-order valence-corrected chi connectivity index (χ2v) is 4.52. The first-order valence-corrected chi connectivity index (χ1v) is 5.91. The van der Waals surface area contributed by atoms with Crippen molar-refractivity contribution in [3.63, 3.8) is 0 Å². The van der Waals surface area contributed by atoms with Crippen LogP contribution in [0.3, 0.4) is 0 Å². The van der Waals surface area contributed by atoms with Gasteiger partial charge >= 0.3 is 6.18 Å². The summed E-state index contributed by atoms with van der Waals surface area (Å²) in [6.07, 6.45) is -5.37. The van der Waals surface area contributed by atoms with Crippen molar-refractivity contribution in [2.24, 2.45) is 0 Å². The maximum absolute atomic E-state index is 13.7. The summed E-state index contributed by atoms with van der Waals surface area (Å²) in [5, 5.41) is 9.66. The van der Waals surface area contributed by atoms with Crippen LogP contribution in [0.25, 0.3) is 11.1 Å². The van der Waals surface area contributed by atoms with Crippen LogP contribution in [0.15, 0.2) is 12.1 Å². The number of carbonyl (C=O) groups is 1. The molecule has 2 nitrogen and oxygen atoms in total. The van der Waals surface area contributed by atoms with E-state index < -0.39 is 63.3 Å². The molecule has 2 aromatic rings. The van der Waals surface area contributed by atoms with E-state index in [0.29, 0.717) is 0 Å². The van der Waals surface area contributed by atoms with Crippen LogP contribution in [-0.2, 0) is 6.18 Å². The monoisotopic (exact) mass is 356 g/mol. The van der Waals surface area contributed by atoms with Gasteiger partial charge in [0.1, 0.15) is 5.75 Å². The number of alkyl halides is 3. The molecule has 0 saturated carbocycles. The van der Waals surface area contributed by atoms with Gasteiger partial charge in [0.15, 0.2) is 29.6 Å². The molecule has 24 heavy (non-hydrogen) atoms. The van der Waals surface area contributed by atoms with Gasteiger partial charge in [-0.1, -0.05) is 0 Å². The van der Waals surface area contributed by atoms with Gasteiger partial charge in [0.25, 0.3) is 0 Å². The van der Waals surface area contributed by atoms with Gasteiger partial charge in [0, 0.05) is 5.56 Å². The number of rotatable bonds is 2. The van der Waals surface area contributed by atoms with Crippen molar-refractivity contribution in [1.29, 1.82) is 0 Å². The Morgan fingerprint density at radius 2 is 1.29 bits per heavy atom. The van der Waals surface area contributed by atoms with Crippen LogP contribution in [0.4, 0.5) is 35.1 Å². The Morgan fingerprint density at radius 1 is 0.833 bits per heavy atom. The van der Waals surface area contributed by atoms with E-state index >= 15 is 0 Å². The van der Waals surface area contributed by atoms with Gasteiger partial charge in [-0.15, -0.1) is 0 Å². The highest BCUT2D eigenvalue weighted by Crippen LogP contribution is 2.41. The van der Waals surface area contributed by atoms with Gasteiger partial charge < -0.3 is 5.11 Å². The molecule has 0 bridgehead atoms. The number of carbonyl (C=O) groups excluding carboxylic acids is 1. The van der Waals surface area contributed by atoms with Crippen molar-refractivity contribution >= 4 is 6.29 Å². The van der Waals surface area contributed by atoms with Gasteiger partial charge in [-0.05, 0) is 12.1 Å². The molecule has 0 fully saturated rings. The standard InChI is InChI=1S/C14H4F8O2/c15-8-7(9(16)11(18)12(19)10(8)17)6-2-5(14(20,21)22)1-4(3-23)13(6)24/h1-3,24H. The summed E-state index contributed by atoms with van der Waals surface area (Å²) in [5.41, 5.74) is -5.80. The molecule has 2 aromatic carbocycles. The molecule has 0 aliphatic rings. The summed E-state index contributed by atoms with van der Waals surface area (Å²) in [5.74, 6) is -13.6. The zero-order valence-corrected chi connectivity index (χ0v) is 11.1. The molecule has 0 atom stereocenters. The van der Waals surface area contributed by atoms with E-state index in [0.717, 1.165) is 0 Å². The second-order valence-electron chi connectivity index (χ2n) is 4.52. The molecule has 128 valence electrons. The Morgan fingerprint density at radius 3 is 1.71 bits per heavy atom. The SMILES string of the molecule is O=Cc1cc(C(F)(F)F)cc(-c2c(F)c(F)c(F)c(F)c2F)c1O. The van der Waals surface area contributed by atoms with Crippen LogP contribution in [-0.4, -0.2) is 11.4 Å². The van der Waals surface area contributed by atoms with Crippen LogP contribution in [0.2, 0.25) is 0 Å². The third kappa shape index (κ3) is 2.68. The molecular weight excluding hydrogens is 352 g/mol. The van der Waals surface area contributed by atoms with Gasteiger partial charge in [-0.3, -0.25) is 4.79 Å². The van der Waals surface area contributed by atoms with E-state index in [4.69, 9.17) is 0 Å². The molecule has 0 unspecified atom stereocenters. The number of phenolic OH excluding ortho intramolecular Hbond substituents is 1. The van der Waals surface area contributed by atoms with Crippen LogP contribution in [0.5, 0.6) is 5.75 Å². The lowest BCUT2D eigenvalue weighted by molar-refractivity contribution is -0.137. The number of hydrogen-bond donors (Lipinski definition) is 1. The highest BCUT2D eigenvalue weighted by molar-refractivity contribution is 5.86. The van der Waals surface area contributed by atoms with Crippen molar-refractivity contribution in [1.82, 2.24) is 0 Å². The predicted octanol–water partition coefficient (Wildman–Crippen LogP) is 4.59. The minimum absolute atomic E-state index is 0.0272. The van der Waals surface area contributed by atoms with E-state index in [1.807, 2.05) is 0 Å². The van der Waals surface area contributed by atoms with Crippen molar-refractivity contribution < 1.29 is 45.0 Å². The fraction of sp³-hybridized carbons (Fsp3) is 0.0714. The normalized spacial score (nSPS) is 11.7. The topological polar surface area (TPSA) is 37.3 Å². The van der Waals surface area contributed by atoms with Crippen LogP contribution in [0.1, 0.15) is 15.9 Å². The third-order valence-electron chi connectivity index (χ3n) is 3.07. The molecule has 2 rings (SSSR count). The summed E-state index contributed by atoms with van der Waals surface area (Å²) < 4.78 is 105. The lowest BCUT2D eigenvalue weighted by atomic mass is 9.97. The Labute approximate surface area is 127 Å². The van der Waals surface area contributed by atoms with Crippen LogP contribution >= 0.6 is 0 Å². The number of aldehydes is 1. The minimum atomic E-state index is -5.11. The maximum atomic E-state index is 13.7. The zero-order chi connectivity index (χ0) is 18.4. The van der Waals surface area contributed by atoms with Crippen molar-refractivity contribution in [2.75, 3.05) is 0 Å². The average molecular weight is 356 g/mol. The van der Waals surface area contributed by atoms with Gasteiger partial charge in [0.05, 0.1) is 16.7 Å². The fourth-order valence-corrected chi connectivity index (χ4v) is 1.94. The van der Waals surface area contributed by atoms with Crippen molar-refractivity contribution in [3.05, 3.63) is 52.3 Å². The molecule has 0 saturated heterocycles. The highest BCUT2D eigenvalue weighted by Gasteiger charge is 2.35. The molecule has 0 amide bonds. The Bertz CT molecular complexity index is 813. The Hall–Kier alpha value is -2.65. The fourth-order valence-electron chi connectivity index (χ4n) is 1.94. The summed E-state index contributed by atoms with van der Waals surface area (Å²) in [7, 11) is 0. The first kappa shape index (κ1) is 17.7. The molecule has 10 heteroatoms. The number of phenols is 1. The first-order chi connectivity index (χ1) is 11.0. The smallest absolute Gasteiger partial charge is 0.416 e. The second kappa shape index (κ2) is 5.77. The number of benzene rings is 2. The number of aromatic hydroxyl groups is 1. The molecule has 1 N–H and O–H groups in total. The molecule has 0 spiro atoms. The van der Waals surface area contributed by atoms with Gasteiger partial charge in [-0.2, -0.15) is 13.2 Å². The molecule has 0 aliphatic heterocycles. The summed E-state index contributed by atoms with van der Waals surface area (Å²) in [6, 6.07) is 0.137. The largest absolute Gasteiger partial charge is 0.507 e. The number of halogens is 8. The molecule has 0 radical (unpaired) electrons. The predicted molar refractivity (Wildman–Crippen MR) is 63.7 cm³/mol. The van der Waals surface area contributed by atoms with Gasteiger partial charge in [-0.25, -0.2) is 22.0 Å². The zero-order valence-electron chi connectivity index (χ0n) is 11.1. The maximum Gasteiger partial charge on any atom is 0.416 e. The molecular formula is C14H4F8O2. The molecule has 0 aliphatic carbocycles. The number of hydrogen-bond acceptors (Lipinski definition) is 2. The first-order valence-electron chi connectivity index (χ1n) is 5.91. The van der Waals surface area contributed by atoms with Crippen molar-refractivity contribution in [3.8, 4) is 16.9 Å². The van der Waals surface area contributed by atoms with E-state index in [-0.39, 0.29) is 18.4 Å². The van der Waals surface area contributed by atoms with E-state index in [9.17, 15) is 45.0 Å². The highest BCUT2D eigenvalue weighted by atomic mass is 19.4. The average Bonchev–Trinajstić information content (AvgIpc) is 2.51. The molecule has 0 heterocycles. The summed E-state index contributed by atoms with van der Waals surface area (Å²) >= 11 is 0. The summed E-state index contributed by atoms with van der Waals surface area (Å²) in [4.78, 5) is 10.7. The van der Waals surface area contributed by atoms with Crippen LogP contribution < -0.4 is 0 Å². The minimum Gasteiger partial charge on any atom is -0.507 e. The third-order valence-corrected chi connectivity index (χ3v) is 3.07. The van der Waals surface area contributed by atoms with E-state index in [2.05, 4.69) is 0 Å².